The van der Waals surface area contributed by atoms with Crippen LogP contribution in [0.5, 0.6) is 0 Å². The number of Topliss-reactive ketones (excluding diaryl/α,β-unsaturated/α-hetero) is 1. The van der Waals surface area contributed by atoms with Crippen LogP contribution in [-0.2, 0) is 17.8 Å². The first kappa shape index (κ1) is 24.5. The number of hydrogen-bond acceptors (Lipinski definition) is 4. The molecule has 1 aliphatic rings. The Bertz CT molecular complexity index is 1180. The molecule has 3 aromatic rings. The van der Waals surface area contributed by atoms with Gasteiger partial charge in [0.25, 0.3) is 0 Å². The summed E-state index contributed by atoms with van der Waals surface area (Å²) in [4.78, 5) is 36.7. The fraction of sp³-hybridized carbons (Fsp3) is 0.222. The van der Waals surface area contributed by atoms with E-state index in [1.165, 1.54) is 0 Å². The number of nitrogens with one attached hydrogen (secondary N) is 2. The topological polar surface area (TPSA) is 105 Å². The predicted octanol–water partition coefficient (Wildman–Crippen LogP) is 5.29. The fourth-order valence-corrected chi connectivity index (χ4v) is 4.21. The summed E-state index contributed by atoms with van der Waals surface area (Å²) in [5.41, 5.74) is 3.19. The van der Waals surface area contributed by atoms with Crippen LogP contribution >= 0.6 is 15.9 Å². The summed E-state index contributed by atoms with van der Waals surface area (Å²) >= 11 is 3.37. The van der Waals surface area contributed by atoms with Gasteiger partial charge in [-0.1, -0.05) is 82.7 Å². The lowest BCUT2D eigenvalue weighted by Gasteiger charge is -2.18. The molecular weight excluding hydrogens is 512 g/mol. The van der Waals surface area contributed by atoms with E-state index in [1.54, 1.807) is 12.1 Å². The highest BCUT2D eigenvalue weighted by Gasteiger charge is 2.39. The van der Waals surface area contributed by atoms with E-state index in [1.807, 2.05) is 66.7 Å². The molecule has 0 spiro atoms. The lowest BCUT2D eigenvalue weighted by Crippen LogP contribution is -2.42. The van der Waals surface area contributed by atoms with E-state index in [0.29, 0.717) is 12.0 Å². The van der Waals surface area contributed by atoms with Crippen molar-refractivity contribution in [1.29, 1.82) is 0 Å². The quantitative estimate of drug-likeness (QED) is 0.322. The minimum atomic E-state index is -1.04. The van der Waals surface area contributed by atoms with Crippen LogP contribution in [0.3, 0.4) is 0 Å². The number of alkyl carbamates (subject to hydrolysis) is 1. The van der Waals surface area contributed by atoms with Gasteiger partial charge >= 0.3 is 12.2 Å². The first-order valence-corrected chi connectivity index (χ1v) is 12.0. The van der Waals surface area contributed by atoms with E-state index in [0.717, 1.165) is 27.6 Å². The molecule has 180 valence electrons. The summed E-state index contributed by atoms with van der Waals surface area (Å²) < 4.78 is 6.28. The summed E-state index contributed by atoms with van der Waals surface area (Å²) in [6, 6.07) is 23.1. The molecule has 2 amide bonds. The molecule has 0 aromatic heterocycles. The number of amides is 2. The number of carbonyl (C=O) groups excluding carboxylic acids is 2. The Labute approximate surface area is 211 Å². The number of carboxylic acid groups (broad SMARTS) is 1. The Morgan fingerprint density at radius 2 is 1.63 bits per heavy atom. The van der Waals surface area contributed by atoms with Crippen LogP contribution in [0.15, 0.2) is 83.3 Å². The zero-order valence-electron chi connectivity index (χ0n) is 18.8. The number of hydrogen-bond donors (Lipinski definition) is 3. The summed E-state index contributed by atoms with van der Waals surface area (Å²) in [7, 11) is 0. The molecule has 4 rings (SSSR count). The van der Waals surface area contributed by atoms with E-state index in [-0.39, 0.29) is 24.3 Å². The van der Waals surface area contributed by atoms with Gasteiger partial charge in [-0.2, -0.15) is 0 Å². The van der Waals surface area contributed by atoms with Gasteiger partial charge in [-0.3, -0.25) is 4.79 Å². The van der Waals surface area contributed by atoms with Gasteiger partial charge in [0.2, 0.25) is 0 Å². The van der Waals surface area contributed by atoms with E-state index >= 15 is 0 Å². The fourth-order valence-electron chi connectivity index (χ4n) is 3.95. The van der Waals surface area contributed by atoms with Crippen molar-refractivity contribution in [3.63, 3.8) is 0 Å². The predicted molar refractivity (Wildman–Crippen MR) is 134 cm³/mol. The minimum Gasteiger partial charge on any atom is -0.465 e. The van der Waals surface area contributed by atoms with Crippen LogP contribution in [-0.4, -0.2) is 35.2 Å². The lowest BCUT2D eigenvalue weighted by molar-refractivity contribution is 0.0916. The van der Waals surface area contributed by atoms with Gasteiger partial charge < -0.3 is 20.5 Å². The highest BCUT2D eigenvalue weighted by molar-refractivity contribution is 9.10. The number of ketones is 1. The zero-order valence-corrected chi connectivity index (χ0v) is 20.4. The third-order valence-corrected chi connectivity index (χ3v) is 6.43. The number of benzene rings is 3. The molecule has 1 fully saturated rings. The monoisotopic (exact) mass is 536 g/mol. The van der Waals surface area contributed by atoms with Crippen molar-refractivity contribution in [3.05, 3.63) is 106 Å². The first-order valence-electron chi connectivity index (χ1n) is 11.2. The number of rotatable bonds is 9. The van der Waals surface area contributed by atoms with Gasteiger partial charge in [0.15, 0.2) is 5.78 Å². The van der Waals surface area contributed by atoms with Crippen molar-refractivity contribution in [3.8, 4) is 0 Å². The summed E-state index contributed by atoms with van der Waals surface area (Å²) in [5, 5.41) is 14.1. The number of ether oxygens (including phenoxy) is 1. The molecule has 1 aliphatic carbocycles. The van der Waals surface area contributed by atoms with Gasteiger partial charge in [-0.05, 0) is 35.2 Å². The second kappa shape index (κ2) is 11.2. The Morgan fingerprint density at radius 1 is 0.943 bits per heavy atom. The Kier molecular flexibility index (Phi) is 7.82. The van der Waals surface area contributed by atoms with Gasteiger partial charge in [0.1, 0.15) is 6.61 Å². The van der Waals surface area contributed by atoms with E-state index in [2.05, 4.69) is 26.6 Å². The van der Waals surface area contributed by atoms with Crippen LogP contribution in [0.2, 0.25) is 0 Å². The second-order valence-corrected chi connectivity index (χ2v) is 9.39. The number of halogens is 1. The third kappa shape index (κ3) is 6.93. The zero-order chi connectivity index (χ0) is 24.8. The van der Waals surface area contributed by atoms with Crippen molar-refractivity contribution >= 4 is 33.9 Å². The third-order valence-electron chi connectivity index (χ3n) is 5.90. The standard InChI is InChI=1S/C27H25BrN2O5/c28-21-12-6-18(7-13-21)16-35-27(34)30-24(14-17-4-2-1-3-5-17)25(31)20-10-8-19(9-11-20)22-15-23(22)29-26(32)33/h1-13,22-24,29H,14-16H2,(H,30,34)(H,32,33)/t22-,23+,24-/m0/s1. The maximum absolute atomic E-state index is 13.3. The van der Waals surface area contributed by atoms with Crippen molar-refractivity contribution in [2.45, 2.75) is 37.5 Å². The average Bonchev–Trinajstić information content (AvgIpc) is 3.62. The highest BCUT2D eigenvalue weighted by Crippen LogP contribution is 2.40. The SMILES string of the molecule is O=C(O)N[C@@H]1C[C@H]1c1ccc(C(=O)[C@H](Cc2ccccc2)NC(=O)OCc2ccc(Br)cc2)cc1. The number of carbonyl (C=O) groups is 3. The lowest BCUT2D eigenvalue weighted by atomic mass is 9.96. The molecule has 0 radical (unpaired) electrons. The Balaban J connectivity index is 1.42. The molecule has 3 atom stereocenters. The van der Waals surface area contributed by atoms with E-state index in [9.17, 15) is 14.4 Å². The molecule has 7 nitrogen and oxygen atoms in total. The van der Waals surface area contributed by atoms with Crippen LogP contribution < -0.4 is 10.6 Å². The van der Waals surface area contributed by atoms with Gasteiger partial charge in [-0.15, -0.1) is 0 Å². The van der Waals surface area contributed by atoms with Gasteiger partial charge in [0.05, 0.1) is 6.04 Å². The smallest absolute Gasteiger partial charge is 0.408 e. The van der Waals surface area contributed by atoms with Crippen molar-refractivity contribution in [2.75, 3.05) is 0 Å². The molecule has 8 heteroatoms. The molecular formula is C27H25BrN2O5. The highest BCUT2D eigenvalue weighted by atomic mass is 79.9. The summed E-state index contributed by atoms with van der Waals surface area (Å²) in [6.07, 6.45) is -0.644. The van der Waals surface area contributed by atoms with Crippen LogP contribution in [0, 0.1) is 0 Å². The van der Waals surface area contributed by atoms with Gasteiger partial charge in [0, 0.05) is 28.4 Å². The molecule has 3 N–H and O–H groups in total. The Hall–Kier alpha value is -3.65. The first-order chi connectivity index (χ1) is 16.9. The molecule has 0 unspecified atom stereocenters. The Morgan fingerprint density at radius 3 is 2.29 bits per heavy atom. The molecule has 1 saturated carbocycles. The molecule has 35 heavy (non-hydrogen) atoms. The van der Waals surface area contributed by atoms with Gasteiger partial charge in [-0.25, -0.2) is 9.59 Å². The average molecular weight is 537 g/mol. The second-order valence-electron chi connectivity index (χ2n) is 8.47. The summed E-state index contributed by atoms with van der Waals surface area (Å²) in [6.45, 7) is 0.0903. The van der Waals surface area contributed by atoms with E-state index < -0.39 is 18.2 Å². The van der Waals surface area contributed by atoms with Crippen LogP contribution in [0.1, 0.15) is 39.4 Å². The molecule has 3 aromatic carbocycles. The molecule has 0 bridgehead atoms. The van der Waals surface area contributed by atoms with Crippen molar-refractivity contribution in [2.24, 2.45) is 0 Å². The molecule has 0 aliphatic heterocycles. The largest absolute Gasteiger partial charge is 0.465 e. The minimum absolute atomic E-state index is 0.0903. The molecule has 0 saturated heterocycles. The van der Waals surface area contributed by atoms with Crippen molar-refractivity contribution < 1.29 is 24.2 Å². The van der Waals surface area contributed by atoms with Crippen LogP contribution in [0.25, 0.3) is 0 Å². The molecule has 0 heterocycles. The van der Waals surface area contributed by atoms with Crippen molar-refractivity contribution in [1.82, 2.24) is 10.6 Å². The maximum Gasteiger partial charge on any atom is 0.408 e. The maximum atomic E-state index is 13.3. The summed E-state index contributed by atoms with van der Waals surface area (Å²) in [5.74, 6) is -0.112. The normalized spacial score (nSPS) is 17.2. The van der Waals surface area contributed by atoms with E-state index in [4.69, 9.17) is 9.84 Å². The van der Waals surface area contributed by atoms with Crippen LogP contribution in [0.4, 0.5) is 9.59 Å².